The molecule has 2 rings (SSSR count). The summed E-state index contributed by atoms with van der Waals surface area (Å²) >= 11 is 0.670. The Balaban J connectivity index is 0.00000128. The van der Waals surface area contributed by atoms with E-state index in [1.165, 1.54) is 0 Å². The number of carboxylic acids is 1. The highest BCUT2D eigenvalue weighted by Crippen LogP contribution is 2.30. The number of aromatic nitrogens is 3. The maximum atomic E-state index is 12.9. The Morgan fingerprint density at radius 2 is 2.25 bits per heavy atom. The molecule has 88 valence electrons. The van der Waals surface area contributed by atoms with E-state index in [4.69, 9.17) is 5.11 Å². The van der Waals surface area contributed by atoms with Gasteiger partial charge in [0.1, 0.15) is 0 Å². The average Bonchev–Trinajstić information content (AvgIpc) is 2.56. The second-order valence-electron chi connectivity index (χ2n) is 2.94. The first-order valence-corrected chi connectivity index (χ1v) is 4.67. The van der Waals surface area contributed by atoms with Gasteiger partial charge in [-0.1, -0.05) is 11.3 Å². The number of imidazole rings is 1. The zero-order chi connectivity index (χ0) is 11.2. The summed E-state index contributed by atoms with van der Waals surface area (Å²) in [5.74, 6) is -4.33. The van der Waals surface area contributed by atoms with Crippen molar-refractivity contribution in [2.75, 3.05) is 0 Å². The minimum absolute atomic E-state index is 0. The summed E-state index contributed by atoms with van der Waals surface area (Å²) in [6, 6.07) is 0. The monoisotopic (exact) mass is 313 g/mol. The molecule has 0 atom stereocenters. The van der Waals surface area contributed by atoms with Gasteiger partial charge in [-0.05, 0) is 0 Å². The number of fused-ring (bicyclic) bond motifs is 1. The SMILES string of the molecule is Br.CC(F)(F)c1nn2c(C(=O)O)cnc2s1. The van der Waals surface area contributed by atoms with Gasteiger partial charge in [-0.25, -0.2) is 9.78 Å². The third-order valence-corrected chi connectivity index (χ3v) is 2.77. The van der Waals surface area contributed by atoms with E-state index in [0.717, 1.165) is 10.7 Å². The number of hydrogen-bond acceptors (Lipinski definition) is 4. The smallest absolute Gasteiger partial charge is 0.356 e. The van der Waals surface area contributed by atoms with Crippen molar-refractivity contribution in [3.05, 3.63) is 16.9 Å². The third kappa shape index (κ3) is 2.05. The maximum absolute atomic E-state index is 12.9. The predicted octanol–water partition coefficient (Wildman–Crippen LogP) is 2.18. The van der Waals surface area contributed by atoms with Gasteiger partial charge >= 0.3 is 5.97 Å². The molecule has 0 bridgehead atoms. The molecule has 5 nitrogen and oxygen atoms in total. The quantitative estimate of drug-likeness (QED) is 0.922. The molecule has 0 aliphatic carbocycles. The molecule has 0 aliphatic rings. The highest BCUT2D eigenvalue weighted by atomic mass is 79.9. The average molecular weight is 314 g/mol. The zero-order valence-corrected chi connectivity index (χ0v) is 10.4. The van der Waals surface area contributed by atoms with Gasteiger partial charge in [0.2, 0.25) is 4.96 Å². The summed E-state index contributed by atoms with van der Waals surface area (Å²) in [5.41, 5.74) is -0.225. The molecule has 0 aliphatic heterocycles. The van der Waals surface area contributed by atoms with Gasteiger partial charge in [-0.15, -0.1) is 17.0 Å². The first-order valence-electron chi connectivity index (χ1n) is 3.86. The van der Waals surface area contributed by atoms with E-state index in [9.17, 15) is 13.6 Å². The van der Waals surface area contributed by atoms with E-state index in [1.54, 1.807) is 0 Å². The fraction of sp³-hybridized carbons (Fsp3) is 0.286. The number of aromatic carboxylic acids is 1. The predicted molar refractivity (Wildman–Crippen MR) is 57.7 cm³/mol. The zero-order valence-electron chi connectivity index (χ0n) is 7.85. The van der Waals surface area contributed by atoms with Crippen molar-refractivity contribution in [1.29, 1.82) is 0 Å². The summed E-state index contributed by atoms with van der Waals surface area (Å²) in [7, 11) is 0. The van der Waals surface area contributed by atoms with E-state index in [1.807, 2.05) is 0 Å². The van der Waals surface area contributed by atoms with Crippen molar-refractivity contribution in [3.63, 3.8) is 0 Å². The van der Waals surface area contributed by atoms with Crippen LogP contribution in [0.5, 0.6) is 0 Å². The molecule has 0 fully saturated rings. The summed E-state index contributed by atoms with van der Waals surface area (Å²) < 4.78 is 26.6. The van der Waals surface area contributed by atoms with E-state index in [-0.39, 0.29) is 27.6 Å². The second kappa shape index (κ2) is 4.06. The molecule has 2 aromatic heterocycles. The summed E-state index contributed by atoms with van der Waals surface area (Å²) in [6.45, 7) is 0.700. The Hall–Kier alpha value is -1.09. The number of alkyl halides is 2. The van der Waals surface area contributed by atoms with Gasteiger partial charge in [0.15, 0.2) is 10.7 Å². The van der Waals surface area contributed by atoms with Crippen LogP contribution in [0, 0.1) is 0 Å². The Morgan fingerprint density at radius 1 is 1.62 bits per heavy atom. The lowest BCUT2D eigenvalue weighted by Gasteiger charge is -2.02. The lowest BCUT2D eigenvalue weighted by atomic mass is 10.4. The van der Waals surface area contributed by atoms with Crippen LogP contribution in [0.3, 0.4) is 0 Å². The number of nitrogens with zero attached hydrogens (tertiary/aromatic N) is 3. The van der Waals surface area contributed by atoms with Crippen LogP contribution in [0.2, 0.25) is 0 Å². The molecule has 0 saturated heterocycles. The number of carbonyl (C=O) groups is 1. The first-order chi connectivity index (χ1) is 6.89. The lowest BCUT2D eigenvalue weighted by Crippen LogP contribution is -2.08. The van der Waals surface area contributed by atoms with Gasteiger partial charge in [-0.3, -0.25) is 0 Å². The molecule has 0 saturated carbocycles. The van der Waals surface area contributed by atoms with E-state index in [2.05, 4.69) is 10.1 Å². The highest BCUT2D eigenvalue weighted by Gasteiger charge is 2.30. The lowest BCUT2D eigenvalue weighted by molar-refractivity contribution is 0.0162. The molecule has 0 unspecified atom stereocenters. The number of halogens is 3. The van der Waals surface area contributed by atoms with Crippen LogP contribution in [0.1, 0.15) is 22.4 Å². The second-order valence-corrected chi connectivity index (χ2v) is 3.89. The van der Waals surface area contributed by atoms with Crippen molar-refractivity contribution >= 4 is 39.2 Å². The van der Waals surface area contributed by atoms with Crippen molar-refractivity contribution < 1.29 is 18.7 Å². The molecule has 0 amide bonds. The van der Waals surface area contributed by atoms with E-state index < -0.39 is 16.9 Å². The molecule has 2 heterocycles. The van der Waals surface area contributed by atoms with Crippen molar-refractivity contribution in [1.82, 2.24) is 14.6 Å². The van der Waals surface area contributed by atoms with E-state index >= 15 is 0 Å². The first kappa shape index (κ1) is 13.0. The fourth-order valence-electron chi connectivity index (χ4n) is 1.02. The largest absolute Gasteiger partial charge is 0.476 e. The molecule has 2 aromatic rings. The van der Waals surface area contributed by atoms with Gasteiger partial charge in [0.25, 0.3) is 5.92 Å². The Labute approximate surface area is 102 Å². The van der Waals surface area contributed by atoms with Crippen LogP contribution >= 0.6 is 28.3 Å². The molecular weight excluding hydrogens is 308 g/mol. The van der Waals surface area contributed by atoms with Crippen LogP contribution in [0.25, 0.3) is 4.96 Å². The van der Waals surface area contributed by atoms with Gasteiger partial charge in [-0.2, -0.15) is 18.4 Å². The van der Waals surface area contributed by atoms with Crippen molar-refractivity contribution in [2.24, 2.45) is 0 Å². The van der Waals surface area contributed by atoms with Crippen LogP contribution in [0.4, 0.5) is 8.78 Å². The molecule has 1 N–H and O–H groups in total. The van der Waals surface area contributed by atoms with Crippen LogP contribution in [-0.4, -0.2) is 25.7 Å². The summed E-state index contributed by atoms with van der Waals surface area (Å²) in [4.78, 5) is 14.5. The number of rotatable bonds is 2. The fourth-order valence-corrected chi connectivity index (χ4v) is 1.82. The van der Waals surface area contributed by atoms with Crippen molar-refractivity contribution in [2.45, 2.75) is 12.8 Å². The Kier molecular flexibility index (Phi) is 3.29. The third-order valence-electron chi connectivity index (χ3n) is 1.68. The van der Waals surface area contributed by atoms with E-state index in [0.29, 0.717) is 18.3 Å². The highest BCUT2D eigenvalue weighted by molar-refractivity contribution is 8.93. The standard InChI is InChI=1S/C7H5F2N3O2S.BrH/c1-7(8,9)5-11-12-3(4(13)14)2-10-6(12)15-5;/h2H,1H3,(H,13,14);1H. The topological polar surface area (TPSA) is 67.5 Å². The molecule has 0 spiro atoms. The van der Waals surface area contributed by atoms with Gasteiger partial charge < -0.3 is 5.11 Å². The van der Waals surface area contributed by atoms with Crippen molar-refractivity contribution in [3.8, 4) is 0 Å². The van der Waals surface area contributed by atoms with Crippen LogP contribution < -0.4 is 0 Å². The molecule has 9 heteroatoms. The van der Waals surface area contributed by atoms with Gasteiger partial charge in [0, 0.05) is 6.92 Å². The minimum Gasteiger partial charge on any atom is -0.476 e. The maximum Gasteiger partial charge on any atom is 0.356 e. The van der Waals surface area contributed by atoms with Crippen LogP contribution in [-0.2, 0) is 5.92 Å². The molecule has 16 heavy (non-hydrogen) atoms. The molecule has 0 aromatic carbocycles. The Bertz CT molecular complexity index is 533. The van der Waals surface area contributed by atoms with Crippen LogP contribution in [0.15, 0.2) is 6.20 Å². The summed E-state index contributed by atoms with van der Waals surface area (Å²) in [5, 5.41) is 11.8. The normalized spacial score (nSPS) is 11.4. The number of carboxylic acid groups (broad SMARTS) is 1. The minimum atomic E-state index is -3.08. The molecule has 0 radical (unpaired) electrons. The summed E-state index contributed by atoms with van der Waals surface area (Å²) in [6.07, 6.45) is 1.08. The molecular formula is C7H6BrF2N3O2S. The Morgan fingerprint density at radius 3 is 2.75 bits per heavy atom. The van der Waals surface area contributed by atoms with Gasteiger partial charge in [0.05, 0.1) is 6.20 Å². The number of hydrogen-bond donors (Lipinski definition) is 1.